The molecule has 0 amide bonds. The first-order valence-corrected chi connectivity index (χ1v) is 12.5. The van der Waals surface area contributed by atoms with Crippen molar-refractivity contribution in [3.8, 4) is 0 Å². The average molecular weight is 322 g/mol. The van der Waals surface area contributed by atoms with Gasteiger partial charge in [0.1, 0.15) is 0 Å². The van der Waals surface area contributed by atoms with E-state index in [0.29, 0.717) is 0 Å². The summed E-state index contributed by atoms with van der Waals surface area (Å²) >= 11 is 2.36. The van der Waals surface area contributed by atoms with Crippen LogP contribution in [0.3, 0.4) is 0 Å². The van der Waals surface area contributed by atoms with E-state index >= 15 is 0 Å². The van der Waals surface area contributed by atoms with E-state index in [0.717, 1.165) is 6.32 Å². The van der Waals surface area contributed by atoms with Crippen LogP contribution >= 0.6 is 57.2 Å². The second-order valence-electron chi connectivity index (χ2n) is 1.22. The minimum absolute atomic E-state index is 0.119. The van der Waals surface area contributed by atoms with Crippen LogP contribution in [0.5, 0.6) is 0 Å². The normalized spacial score (nSPS) is 12.9. The van der Waals surface area contributed by atoms with E-state index in [2.05, 4.69) is 52.3 Å². The van der Waals surface area contributed by atoms with E-state index in [1.807, 2.05) is 0 Å². The van der Waals surface area contributed by atoms with Crippen molar-refractivity contribution >= 4 is 63.9 Å². The Bertz CT molecular complexity index is 227. The molecule has 0 fully saturated rings. The van der Waals surface area contributed by atoms with Crippen molar-refractivity contribution in [2.45, 2.75) is 13.2 Å². The third-order valence-corrected chi connectivity index (χ3v) is 22.8. The first-order valence-electron chi connectivity index (χ1n) is 2.34. The van der Waals surface area contributed by atoms with E-state index in [4.69, 9.17) is 0 Å². The molecule has 7 heteroatoms. The van der Waals surface area contributed by atoms with Gasteiger partial charge in [-0.05, 0) is 0 Å². The van der Waals surface area contributed by atoms with Crippen LogP contribution in [-0.4, -0.2) is 6.62 Å². The van der Waals surface area contributed by atoms with Gasteiger partial charge in [-0.3, -0.25) is 0 Å². The molecule has 0 aromatic heterocycles. The molecule has 0 nitrogen and oxygen atoms in total. The molecule has 0 aromatic rings. The summed E-state index contributed by atoms with van der Waals surface area (Å²) in [5.74, 6) is 0. The van der Waals surface area contributed by atoms with E-state index in [1.54, 1.807) is 0 Å². The summed E-state index contributed by atoms with van der Waals surface area (Å²) in [5.41, 5.74) is 0. The Morgan fingerprint density at radius 2 is 2.22 bits per heavy atom. The molecule has 0 aliphatic rings. The topological polar surface area (TPSA) is 0 Å². The van der Waals surface area contributed by atoms with Crippen LogP contribution in [0.2, 0.25) is 6.32 Å². The zero-order valence-corrected chi connectivity index (χ0v) is 11.5. The third kappa shape index (κ3) is 6.93. The van der Waals surface area contributed by atoms with Crippen LogP contribution in [0.25, 0.3) is 0 Å². The first kappa shape index (κ1) is 11.6. The molecule has 2 unspecified atom stereocenters. The summed E-state index contributed by atoms with van der Waals surface area (Å²) in [6, 6.07) is 0. The van der Waals surface area contributed by atoms with Gasteiger partial charge in [0.05, 0.1) is 0 Å². The van der Waals surface area contributed by atoms with Crippen LogP contribution in [0.15, 0.2) is 0 Å². The van der Waals surface area contributed by atoms with Gasteiger partial charge in [-0.25, -0.2) is 0 Å². The van der Waals surface area contributed by atoms with Crippen LogP contribution in [-0.2, 0) is 0 Å². The van der Waals surface area contributed by atoms with Gasteiger partial charge in [-0.1, -0.05) is 0 Å². The van der Waals surface area contributed by atoms with Crippen LogP contribution < -0.4 is 0 Å². The third-order valence-electron chi connectivity index (χ3n) is 0.515. The van der Waals surface area contributed by atoms with Gasteiger partial charge in [0.2, 0.25) is 0 Å². The van der Waals surface area contributed by atoms with Gasteiger partial charge < -0.3 is 0 Å². The summed E-state index contributed by atoms with van der Waals surface area (Å²) < 4.78 is -0.123. The molecule has 48 valence electrons. The molecule has 0 aromatic carbocycles. The zero-order valence-electron chi connectivity index (χ0n) is 4.90. The molecule has 0 aliphatic carbocycles. The Kier molecular flexibility index (Phi) is 9.27. The molecule has 0 bridgehead atoms. The predicted octanol–water partition coefficient (Wildman–Crippen LogP) is 5.78. The van der Waals surface area contributed by atoms with Crippen LogP contribution in [0.1, 0.15) is 6.92 Å². The number of hydrogen-bond acceptors (Lipinski definition) is 0. The minimum atomic E-state index is -0.123. The predicted molar refractivity (Wildman–Crippen MR) is 64.9 cm³/mol. The van der Waals surface area contributed by atoms with Crippen molar-refractivity contribution in [1.29, 1.82) is 0 Å². The molecule has 0 N–H and O–H groups in total. The Morgan fingerprint density at radius 1 is 1.67 bits per heavy atom. The van der Waals surface area contributed by atoms with Crippen LogP contribution in [0.4, 0.5) is 0 Å². The fourth-order valence-corrected chi connectivity index (χ4v) is 8.11. The Balaban J connectivity index is 3.89. The monoisotopic (exact) mass is 322 g/mol. The van der Waals surface area contributed by atoms with E-state index in [9.17, 15) is 0 Å². The summed E-state index contributed by atoms with van der Waals surface area (Å²) in [5, 5.41) is 0. The standard InChI is InChI=1S/C2H5BIP5/c1-2-3-7-9(6)8(4)5/h2H2,1H3. The SMILES string of the molecule is CCB=PP(#P)P(#P)I. The Labute approximate surface area is 76.7 Å². The van der Waals surface area contributed by atoms with Gasteiger partial charge in [0, 0.05) is 0 Å². The Hall–Kier alpha value is 2.55. The van der Waals surface area contributed by atoms with Gasteiger partial charge in [-0.2, -0.15) is 0 Å². The van der Waals surface area contributed by atoms with Crippen molar-refractivity contribution in [1.82, 2.24) is 0 Å². The summed E-state index contributed by atoms with van der Waals surface area (Å²) in [6.45, 7) is 4.40. The van der Waals surface area contributed by atoms with Crippen molar-refractivity contribution in [2.24, 2.45) is 0 Å². The number of hydrogen-bond donors (Lipinski definition) is 0. The fraction of sp³-hybridized carbons (Fsp3) is 1.00. The van der Waals surface area contributed by atoms with Gasteiger partial charge >= 0.3 is 77.1 Å². The van der Waals surface area contributed by atoms with Gasteiger partial charge in [-0.15, -0.1) is 0 Å². The maximum atomic E-state index is 4.43. The summed E-state index contributed by atoms with van der Waals surface area (Å²) in [4.78, 5) is 0. The van der Waals surface area contributed by atoms with Gasteiger partial charge in [0.15, 0.2) is 0 Å². The molecule has 0 saturated carbocycles. The van der Waals surface area contributed by atoms with Crippen molar-refractivity contribution in [3.05, 3.63) is 0 Å². The zero-order chi connectivity index (χ0) is 7.28. The fourth-order valence-electron chi connectivity index (χ4n) is 0.197. The molecule has 0 heterocycles. The van der Waals surface area contributed by atoms with Crippen LogP contribution in [0, 0.1) is 0 Å². The van der Waals surface area contributed by atoms with E-state index in [-0.39, 0.29) is 10.8 Å². The summed E-state index contributed by atoms with van der Waals surface area (Å²) in [7, 11) is 10.2. The second kappa shape index (κ2) is 7.22. The molecular formula is C2H5BIP5. The first-order chi connectivity index (χ1) is 4.18. The molecule has 0 spiro atoms. The molecule has 0 radical (unpaired) electrons. The molecular weight excluding hydrogens is 317 g/mol. The molecule has 2 atom stereocenters. The second-order valence-corrected chi connectivity index (χ2v) is 20.8. The van der Waals surface area contributed by atoms with Gasteiger partial charge in [0.25, 0.3) is 0 Å². The van der Waals surface area contributed by atoms with E-state index in [1.165, 1.54) is 7.76 Å². The average Bonchev–Trinajstić information content (AvgIpc) is 1.82. The van der Waals surface area contributed by atoms with Crippen molar-refractivity contribution < 1.29 is 0 Å². The molecule has 9 heavy (non-hydrogen) atoms. The number of rotatable bonds is 1. The molecule has 0 saturated heterocycles. The Morgan fingerprint density at radius 3 is 2.56 bits per heavy atom. The maximum absolute atomic E-state index is 4.43. The van der Waals surface area contributed by atoms with Crippen molar-refractivity contribution in [3.63, 3.8) is 0 Å². The number of halogens is 1. The summed E-state index contributed by atoms with van der Waals surface area (Å²) in [6.07, 6.45) is 1.03. The quantitative estimate of drug-likeness (QED) is 0.326. The molecule has 0 rings (SSSR count). The van der Waals surface area contributed by atoms with Crippen molar-refractivity contribution in [2.75, 3.05) is 0 Å². The molecule has 0 aliphatic heterocycles. The van der Waals surface area contributed by atoms with E-state index < -0.39 is 0 Å².